The van der Waals surface area contributed by atoms with Crippen LogP contribution in [0.15, 0.2) is 24.3 Å². The Labute approximate surface area is 141 Å². The van der Waals surface area contributed by atoms with Gasteiger partial charge in [0.05, 0.1) is 13.0 Å². The maximum Gasteiger partial charge on any atom is 0.225 e. The SMILES string of the molecule is COc1ccc(CN2CC(C(=O)NCCCNC=O)CC2=O)cc1. The molecule has 0 aliphatic carbocycles. The molecule has 1 aromatic rings. The van der Waals surface area contributed by atoms with Gasteiger partial charge in [-0.05, 0) is 24.1 Å². The van der Waals surface area contributed by atoms with Gasteiger partial charge in [-0.15, -0.1) is 0 Å². The number of carbonyl (C=O) groups excluding carboxylic acids is 3. The molecular weight excluding hydrogens is 310 g/mol. The molecule has 2 rings (SSSR count). The van der Waals surface area contributed by atoms with Crippen molar-refractivity contribution in [3.8, 4) is 5.75 Å². The van der Waals surface area contributed by atoms with Gasteiger partial charge in [-0.25, -0.2) is 0 Å². The van der Waals surface area contributed by atoms with E-state index in [0.717, 1.165) is 11.3 Å². The standard InChI is InChI=1S/C17H23N3O4/c1-24-15-5-3-13(4-6-15)10-20-11-14(9-16(20)22)17(23)19-8-2-7-18-12-21/h3-6,12,14H,2,7-11H2,1H3,(H,18,21)(H,19,23). The zero-order valence-corrected chi connectivity index (χ0v) is 13.8. The lowest BCUT2D eigenvalue weighted by molar-refractivity contribution is -0.129. The van der Waals surface area contributed by atoms with Gasteiger partial charge in [0, 0.05) is 32.6 Å². The van der Waals surface area contributed by atoms with Crippen LogP contribution in [0, 0.1) is 5.92 Å². The van der Waals surface area contributed by atoms with E-state index in [4.69, 9.17) is 4.74 Å². The molecule has 7 heteroatoms. The number of hydrogen-bond donors (Lipinski definition) is 2. The monoisotopic (exact) mass is 333 g/mol. The largest absolute Gasteiger partial charge is 0.497 e. The molecule has 130 valence electrons. The van der Waals surface area contributed by atoms with Crippen molar-refractivity contribution in [2.24, 2.45) is 5.92 Å². The number of benzene rings is 1. The average molecular weight is 333 g/mol. The van der Waals surface area contributed by atoms with Crippen LogP contribution in [-0.4, -0.2) is 49.9 Å². The molecule has 0 aromatic heterocycles. The Balaban J connectivity index is 1.79. The van der Waals surface area contributed by atoms with Crippen molar-refractivity contribution in [2.75, 3.05) is 26.7 Å². The fourth-order valence-electron chi connectivity index (χ4n) is 2.66. The molecule has 0 saturated carbocycles. The van der Waals surface area contributed by atoms with Crippen LogP contribution in [0.25, 0.3) is 0 Å². The topological polar surface area (TPSA) is 87.7 Å². The maximum atomic E-state index is 12.1. The molecule has 0 spiro atoms. The summed E-state index contributed by atoms with van der Waals surface area (Å²) in [6.45, 7) is 1.94. The third-order valence-electron chi connectivity index (χ3n) is 4.00. The summed E-state index contributed by atoms with van der Waals surface area (Å²) in [6, 6.07) is 7.54. The van der Waals surface area contributed by atoms with Crippen LogP contribution in [0.2, 0.25) is 0 Å². The van der Waals surface area contributed by atoms with E-state index in [9.17, 15) is 14.4 Å². The summed E-state index contributed by atoms with van der Waals surface area (Å²) < 4.78 is 5.11. The molecule has 3 amide bonds. The number of ether oxygens (including phenoxy) is 1. The Kier molecular flexibility index (Phi) is 6.60. The van der Waals surface area contributed by atoms with Crippen molar-refractivity contribution >= 4 is 18.2 Å². The average Bonchev–Trinajstić information content (AvgIpc) is 2.96. The normalized spacial score (nSPS) is 16.8. The fourth-order valence-corrected chi connectivity index (χ4v) is 2.66. The molecule has 1 unspecified atom stereocenters. The molecule has 7 nitrogen and oxygen atoms in total. The lowest BCUT2D eigenvalue weighted by Crippen LogP contribution is -2.34. The van der Waals surface area contributed by atoms with Crippen LogP contribution in [0.5, 0.6) is 5.75 Å². The minimum absolute atomic E-state index is 0.00594. The van der Waals surface area contributed by atoms with E-state index in [1.54, 1.807) is 12.0 Å². The molecular formula is C17H23N3O4. The fraction of sp³-hybridized carbons (Fsp3) is 0.471. The van der Waals surface area contributed by atoms with E-state index in [2.05, 4.69) is 10.6 Å². The molecule has 24 heavy (non-hydrogen) atoms. The second kappa shape index (κ2) is 8.90. The van der Waals surface area contributed by atoms with Crippen molar-refractivity contribution in [1.29, 1.82) is 0 Å². The number of carbonyl (C=O) groups is 3. The lowest BCUT2D eigenvalue weighted by atomic mass is 10.1. The zero-order chi connectivity index (χ0) is 17.4. The first kappa shape index (κ1) is 17.8. The summed E-state index contributed by atoms with van der Waals surface area (Å²) in [5.41, 5.74) is 1.00. The Hall–Kier alpha value is -2.57. The first-order chi connectivity index (χ1) is 11.6. The lowest BCUT2D eigenvalue weighted by Gasteiger charge is -2.17. The van der Waals surface area contributed by atoms with Crippen LogP contribution < -0.4 is 15.4 Å². The van der Waals surface area contributed by atoms with Crippen LogP contribution in [0.1, 0.15) is 18.4 Å². The van der Waals surface area contributed by atoms with Crippen LogP contribution in [-0.2, 0) is 20.9 Å². The van der Waals surface area contributed by atoms with E-state index >= 15 is 0 Å². The summed E-state index contributed by atoms with van der Waals surface area (Å²) in [5, 5.41) is 5.35. The van der Waals surface area contributed by atoms with Gasteiger partial charge in [-0.3, -0.25) is 14.4 Å². The summed E-state index contributed by atoms with van der Waals surface area (Å²) >= 11 is 0. The van der Waals surface area contributed by atoms with Crippen LogP contribution in [0.3, 0.4) is 0 Å². The minimum Gasteiger partial charge on any atom is -0.497 e. The summed E-state index contributed by atoms with van der Waals surface area (Å²) in [6.07, 6.45) is 1.55. The zero-order valence-electron chi connectivity index (χ0n) is 13.8. The Bertz CT molecular complexity index is 574. The minimum atomic E-state index is -0.310. The van der Waals surface area contributed by atoms with Crippen LogP contribution in [0.4, 0.5) is 0 Å². The number of methoxy groups -OCH3 is 1. The number of amides is 3. The Morgan fingerprint density at radius 1 is 1.33 bits per heavy atom. The molecule has 1 aromatic carbocycles. The smallest absolute Gasteiger partial charge is 0.225 e. The van der Waals surface area contributed by atoms with Crippen molar-refractivity contribution in [3.05, 3.63) is 29.8 Å². The van der Waals surface area contributed by atoms with Gasteiger partial charge in [-0.2, -0.15) is 0 Å². The summed E-state index contributed by atoms with van der Waals surface area (Å²) in [7, 11) is 1.61. The van der Waals surface area contributed by atoms with Crippen molar-refractivity contribution < 1.29 is 19.1 Å². The Morgan fingerprint density at radius 2 is 2.08 bits per heavy atom. The molecule has 1 aliphatic rings. The van der Waals surface area contributed by atoms with Gasteiger partial charge in [0.1, 0.15) is 5.75 Å². The Morgan fingerprint density at radius 3 is 2.75 bits per heavy atom. The number of nitrogens with one attached hydrogen (secondary N) is 2. The highest BCUT2D eigenvalue weighted by molar-refractivity contribution is 5.89. The highest BCUT2D eigenvalue weighted by Gasteiger charge is 2.33. The molecule has 1 atom stereocenters. The predicted octanol–water partition coefficient (Wildman–Crippen LogP) is 0.296. The van der Waals surface area contributed by atoms with E-state index in [0.29, 0.717) is 39.0 Å². The van der Waals surface area contributed by atoms with E-state index in [-0.39, 0.29) is 24.2 Å². The van der Waals surface area contributed by atoms with Gasteiger partial charge < -0.3 is 20.3 Å². The summed E-state index contributed by atoms with van der Waals surface area (Å²) in [4.78, 5) is 36.0. The third kappa shape index (κ3) is 4.97. The molecule has 1 saturated heterocycles. The molecule has 0 radical (unpaired) electrons. The third-order valence-corrected chi connectivity index (χ3v) is 4.00. The van der Waals surface area contributed by atoms with Crippen molar-refractivity contribution in [1.82, 2.24) is 15.5 Å². The second-order valence-electron chi connectivity index (χ2n) is 5.74. The molecule has 1 fully saturated rings. The van der Waals surface area contributed by atoms with E-state index < -0.39 is 0 Å². The highest BCUT2D eigenvalue weighted by Crippen LogP contribution is 2.21. The molecule has 2 N–H and O–H groups in total. The molecule has 1 heterocycles. The number of rotatable bonds is 9. The first-order valence-corrected chi connectivity index (χ1v) is 7.99. The number of likely N-dealkylation sites (tertiary alicyclic amines) is 1. The predicted molar refractivity (Wildman–Crippen MR) is 88.2 cm³/mol. The summed E-state index contributed by atoms with van der Waals surface area (Å²) in [5.74, 6) is 0.350. The number of nitrogens with zero attached hydrogens (tertiary/aromatic N) is 1. The second-order valence-corrected chi connectivity index (χ2v) is 5.74. The number of hydrogen-bond acceptors (Lipinski definition) is 4. The van der Waals surface area contributed by atoms with Gasteiger partial charge in [0.15, 0.2) is 0 Å². The van der Waals surface area contributed by atoms with Gasteiger partial charge in [-0.1, -0.05) is 12.1 Å². The van der Waals surface area contributed by atoms with Crippen molar-refractivity contribution in [3.63, 3.8) is 0 Å². The van der Waals surface area contributed by atoms with Gasteiger partial charge in [0.2, 0.25) is 18.2 Å². The molecule has 0 bridgehead atoms. The van der Waals surface area contributed by atoms with E-state index in [1.807, 2.05) is 24.3 Å². The van der Waals surface area contributed by atoms with Gasteiger partial charge >= 0.3 is 0 Å². The van der Waals surface area contributed by atoms with E-state index in [1.165, 1.54) is 0 Å². The quantitative estimate of drug-likeness (QED) is 0.502. The van der Waals surface area contributed by atoms with Crippen LogP contribution >= 0.6 is 0 Å². The van der Waals surface area contributed by atoms with Gasteiger partial charge in [0.25, 0.3) is 0 Å². The van der Waals surface area contributed by atoms with Crippen molar-refractivity contribution in [2.45, 2.75) is 19.4 Å². The maximum absolute atomic E-state index is 12.1. The first-order valence-electron chi connectivity index (χ1n) is 7.99. The molecule has 1 aliphatic heterocycles. The highest BCUT2D eigenvalue weighted by atomic mass is 16.5.